The lowest BCUT2D eigenvalue weighted by Crippen LogP contribution is -2.50. The number of nitrogens with zero attached hydrogens (tertiary/aromatic N) is 3. The third-order valence-corrected chi connectivity index (χ3v) is 4.80. The van der Waals surface area contributed by atoms with E-state index in [9.17, 15) is 10.1 Å². The van der Waals surface area contributed by atoms with Gasteiger partial charge in [-0.25, -0.2) is 0 Å². The molecule has 0 radical (unpaired) electrons. The molecule has 1 aliphatic heterocycles. The molecule has 25 heavy (non-hydrogen) atoms. The van der Waals surface area contributed by atoms with Gasteiger partial charge in [0.05, 0.1) is 15.6 Å². The molecule has 1 fully saturated rings. The van der Waals surface area contributed by atoms with Gasteiger partial charge >= 0.3 is 0 Å². The highest BCUT2D eigenvalue weighted by Crippen LogP contribution is 2.23. The van der Waals surface area contributed by atoms with Crippen LogP contribution in [0, 0.1) is 10.1 Å². The number of nitrogens with one attached hydrogen (secondary N) is 1. The summed E-state index contributed by atoms with van der Waals surface area (Å²) < 4.78 is 0. The zero-order valence-corrected chi connectivity index (χ0v) is 15.0. The van der Waals surface area contributed by atoms with Crippen LogP contribution in [0.2, 0.25) is 5.02 Å². The molecule has 1 saturated heterocycles. The number of halogens is 1. The molecule has 0 aliphatic carbocycles. The van der Waals surface area contributed by atoms with Crippen molar-refractivity contribution in [2.75, 3.05) is 36.4 Å². The Kier molecular flexibility index (Phi) is 5.35. The van der Waals surface area contributed by atoms with E-state index >= 15 is 0 Å². The summed E-state index contributed by atoms with van der Waals surface area (Å²) >= 11 is 11.6. The van der Waals surface area contributed by atoms with E-state index in [-0.39, 0.29) is 10.6 Å². The maximum absolute atomic E-state index is 10.7. The summed E-state index contributed by atoms with van der Waals surface area (Å²) in [6.45, 7) is 3.13. The Morgan fingerprint density at radius 3 is 2.32 bits per heavy atom. The summed E-state index contributed by atoms with van der Waals surface area (Å²) in [4.78, 5) is 14.6. The number of nitro benzene ring substituents is 1. The Hall–Kier alpha value is -2.38. The Labute approximate surface area is 156 Å². The molecule has 0 spiro atoms. The number of piperazine rings is 1. The Bertz CT molecular complexity index is 776. The third kappa shape index (κ3) is 4.18. The second kappa shape index (κ2) is 7.67. The average Bonchev–Trinajstić information content (AvgIpc) is 2.64. The summed E-state index contributed by atoms with van der Waals surface area (Å²) in [5.41, 5.74) is 1.88. The zero-order valence-electron chi connectivity index (χ0n) is 13.4. The monoisotopic (exact) mass is 376 g/mol. The minimum Gasteiger partial charge on any atom is -0.368 e. The number of rotatable bonds is 3. The molecule has 8 heteroatoms. The van der Waals surface area contributed by atoms with Crippen molar-refractivity contribution < 1.29 is 4.92 Å². The molecule has 0 atom stereocenters. The summed E-state index contributed by atoms with van der Waals surface area (Å²) in [5, 5.41) is 15.2. The van der Waals surface area contributed by atoms with Gasteiger partial charge in [0, 0.05) is 44.0 Å². The smallest absolute Gasteiger partial charge is 0.269 e. The minimum atomic E-state index is -0.388. The molecule has 1 aliphatic rings. The molecule has 1 heterocycles. The summed E-state index contributed by atoms with van der Waals surface area (Å²) in [6.07, 6.45) is 0. The highest BCUT2D eigenvalue weighted by atomic mass is 35.5. The average molecular weight is 377 g/mol. The van der Waals surface area contributed by atoms with E-state index in [1.807, 2.05) is 24.3 Å². The van der Waals surface area contributed by atoms with E-state index in [0.717, 1.165) is 37.6 Å². The van der Waals surface area contributed by atoms with Crippen LogP contribution in [0.1, 0.15) is 0 Å². The number of anilines is 2. The van der Waals surface area contributed by atoms with E-state index in [4.69, 9.17) is 23.8 Å². The highest BCUT2D eigenvalue weighted by Gasteiger charge is 2.20. The number of thiocarbonyl (C=S) groups is 1. The first-order valence-corrected chi connectivity index (χ1v) is 8.63. The maximum Gasteiger partial charge on any atom is 0.269 e. The van der Waals surface area contributed by atoms with E-state index in [2.05, 4.69) is 15.1 Å². The molecule has 0 unspecified atom stereocenters. The Morgan fingerprint density at radius 1 is 1.08 bits per heavy atom. The molecule has 1 N–H and O–H groups in total. The van der Waals surface area contributed by atoms with Crippen molar-refractivity contribution in [1.29, 1.82) is 0 Å². The van der Waals surface area contributed by atoms with Crippen molar-refractivity contribution in [1.82, 2.24) is 4.90 Å². The van der Waals surface area contributed by atoms with Crippen molar-refractivity contribution in [3.05, 3.63) is 63.7 Å². The first-order chi connectivity index (χ1) is 12.0. The van der Waals surface area contributed by atoms with Crippen LogP contribution in [-0.4, -0.2) is 41.1 Å². The zero-order chi connectivity index (χ0) is 17.8. The van der Waals surface area contributed by atoms with Gasteiger partial charge < -0.3 is 15.1 Å². The van der Waals surface area contributed by atoms with Gasteiger partial charge in [-0.1, -0.05) is 23.7 Å². The van der Waals surface area contributed by atoms with Crippen LogP contribution < -0.4 is 10.2 Å². The number of non-ortho nitro benzene ring substituents is 1. The van der Waals surface area contributed by atoms with Crippen LogP contribution >= 0.6 is 23.8 Å². The third-order valence-electron chi connectivity index (χ3n) is 4.11. The van der Waals surface area contributed by atoms with Crippen LogP contribution in [-0.2, 0) is 0 Å². The number of nitro groups is 1. The van der Waals surface area contributed by atoms with Gasteiger partial charge in [0.1, 0.15) is 0 Å². The normalized spacial score (nSPS) is 14.3. The lowest BCUT2D eigenvalue weighted by molar-refractivity contribution is -0.384. The number of hydrogen-bond donors (Lipinski definition) is 1. The first-order valence-electron chi connectivity index (χ1n) is 7.84. The van der Waals surface area contributed by atoms with Crippen molar-refractivity contribution in [2.45, 2.75) is 0 Å². The largest absolute Gasteiger partial charge is 0.368 e. The van der Waals surface area contributed by atoms with E-state index in [1.54, 1.807) is 12.1 Å². The minimum absolute atomic E-state index is 0.104. The van der Waals surface area contributed by atoms with Crippen molar-refractivity contribution in [3.63, 3.8) is 0 Å². The molecule has 0 aromatic heterocycles. The molecule has 0 bridgehead atoms. The van der Waals surface area contributed by atoms with Crippen LogP contribution in [0.25, 0.3) is 0 Å². The summed E-state index contributed by atoms with van der Waals surface area (Å²) in [5.74, 6) is 0. The van der Waals surface area contributed by atoms with Gasteiger partial charge in [0.2, 0.25) is 0 Å². The Morgan fingerprint density at radius 2 is 1.72 bits per heavy atom. The van der Waals surface area contributed by atoms with Gasteiger partial charge in [-0.15, -0.1) is 0 Å². The second-order valence-electron chi connectivity index (χ2n) is 5.66. The van der Waals surface area contributed by atoms with Crippen molar-refractivity contribution in [2.24, 2.45) is 0 Å². The van der Waals surface area contributed by atoms with Gasteiger partial charge in [0.15, 0.2) is 5.11 Å². The van der Waals surface area contributed by atoms with Gasteiger partial charge in [0.25, 0.3) is 5.69 Å². The topological polar surface area (TPSA) is 61.7 Å². The van der Waals surface area contributed by atoms with Gasteiger partial charge in [-0.2, -0.15) is 0 Å². The summed E-state index contributed by atoms with van der Waals surface area (Å²) in [7, 11) is 0. The fourth-order valence-electron chi connectivity index (χ4n) is 2.71. The maximum atomic E-state index is 10.7. The predicted molar refractivity (Wildman–Crippen MR) is 105 cm³/mol. The van der Waals surface area contributed by atoms with E-state index in [1.165, 1.54) is 12.1 Å². The lowest BCUT2D eigenvalue weighted by atomic mass is 10.2. The van der Waals surface area contributed by atoms with E-state index in [0.29, 0.717) is 10.1 Å². The quantitative estimate of drug-likeness (QED) is 0.500. The van der Waals surface area contributed by atoms with E-state index < -0.39 is 0 Å². The standard InChI is InChI=1S/C17H17ClN4O2S/c18-15-3-1-2-4-16(15)19-17(25)21-11-9-20(10-12-21)13-5-7-14(8-6-13)22(23)24/h1-8H,9-12H2,(H,19,25). The second-order valence-corrected chi connectivity index (χ2v) is 6.45. The SMILES string of the molecule is O=[N+]([O-])c1ccc(N2CCN(C(=S)Nc3ccccc3Cl)CC2)cc1. The molecular formula is C17H17ClN4O2S. The molecule has 6 nitrogen and oxygen atoms in total. The highest BCUT2D eigenvalue weighted by molar-refractivity contribution is 7.80. The molecule has 0 amide bonds. The predicted octanol–water partition coefficient (Wildman–Crippen LogP) is 3.77. The Balaban J connectivity index is 1.57. The van der Waals surface area contributed by atoms with Crippen LogP contribution in [0.15, 0.2) is 48.5 Å². The fraction of sp³-hybridized carbons (Fsp3) is 0.235. The number of hydrogen-bond acceptors (Lipinski definition) is 4. The lowest BCUT2D eigenvalue weighted by Gasteiger charge is -2.37. The fourth-order valence-corrected chi connectivity index (χ4v) is 3.19. The number of benzene rings is 2. The van der Waals surface area contributed by atoms with Crippen LogP contribution in [0.5, 0.6) is 0 Å². The van der Waals surface area contributed by atoms with Crippen molar-refractivity contribution >= 4 is 46.0 Å². The number of para-hydroxylation sites is 1. The first kappa shape index (κ1) is 17.4. The van der Waals surface area contributed by atoms with Crippen molar-refractivity contribution in [3.8, 4) is 0 Å². The van der Waals surface area contributed by atoms with Gasteiger partial charge in [-0.3, -0.25) is 10.1 Å². The molecular weight excluding hydrogens is 360 g/mol. The molecule has 2 aromatic carbocycles. The summed E-state index contributed by atoms with van der Waals surface area (Å²) in [6, 6.07) is 14.1. The van der Waals surface area contributed by atoms with Crippen LogP contribution in [0.4, 0.5) is 17.1 Å². The molecule has 130 valence electrons. The van der Waals surface area contributed by atoms with Crippen LogP contribution in [0.3, 0.4) is 0 Å². The molecule has 0 saturated carbocycles. The molecule has 2 aromatic rings. The van der Waals surface area contributed by atoms with Gasteiger partial charge in [-0.05, 0) is 36.5 Å². The molecule has 3 rings (SSSR count).